The molecule has 1 saturated heterocycles. The number of hydrogen-bond donors (Lipinski definition) is 0. The molecule has 0 spiro atoms. The van der Waals surface area contributed by atoms with Gasteiger partial charge in [-0.15, -0.1) is 10.2 Å². The minimum absolute atomic E-state index is 0.0759. The molecule has 1 aliphatic rings. The molecule has 0 saturated carbocycles. The van der Waals surface area contributed by atoms with E-state index in [1.807, 2.05) is 36.2 Å². The van der Waals surface area contributed by atoms with Gasteiger partial charge in [-0.1, -0.05) is 11.6 Å². The Morgan fingerprint density at radius 1 is 1.07 bits per heavy atom. The van der Waals surface area contributed by atoms with Gasteiger partial charge in [0, 0.05) is 44.5 Å². The number of amides is 1. The summed E-state index contributed by atoms with van der Waals surface area (Å²) in [5.74, 6) is 1.11. The molecular formula is C19H18ClN7O3. The molecule has 30 heavy (non-hydrogen) atoms. The highest BCUT2D eigenvalue weighted by molar-refractivity contribution is 6.34. The van der Waals surface area contributed by atoms with Crippen LogP contribution >= 0.6 is 11.6 Å². The van der Waals surface area contributed by atoms with Crippen molar-refractivity contribution in [3.63, 3.8) is 0 Å². The third kappa shape index (κ3) is 3.94. The van der Waals surface area contributed by atoms with Crippen LogP contribution in [0.15, 0.2) is 42.6 Å². The molecular weight excluding hydrogens is 410 g/mol. The SMILES string of the molecule is Cc1ccn(-c2ccc(N3CCN(C(=O)c4ccc([N+](=O)[O-])cc4Cl)CC3)nn2)n1. The lowest BCUT2D eigenvalue weighted by Gasteiger charge is -2.35. The molecule has 1 amide bonds. The monoisotopic (exact) mass is 427 g/mol. The summed E-state index contributed by atoms with van der Waals surface area (Å²) in [6.07, 6.45) is 1.83. The lowest BCUT2D eigenvalue weighted by molar-refractivity contribution is -0.384. The second-order valence-corrected chi connectivity index (χ2v) is 7.26. The van der Waals surface area contributed by atoms with Gasteiger partial charge < -0.3 is 9.80 Å². The molecule has 1 aliphatic heterocycles. The van der Waals surface area contributed by atoms with Crippen molar-refractivity contribution < 1.29 is 9.72 Å². The summed E-state index contributed by atoms with van der Waals surface area (Å²) in [7, 11) is 0. The number of carbonyl (C=O) groups excluding carboxylic acids is 1. The van der Waals surface area contributed by atoms with Crippen molar-refractivity contribution in [1.82, 2.24) is 24.9 Å². The molecule has 3 aromatic rings. The van der Waals surface area contributed by atoms with Gasteiger partial charge in [-0.2, -0.15) is 5.10 Å². The summed E-state index contributed by atoms with van der Waals surface area (Å²) in [5.41, 5.74) is 1.01. The smallest absolute Gasteiger partial charge is 0.270 e. The molecule has 1 aromatic carbocycles. The third-order valence-corrected chi connectivity index (χ3v) is 5.19. The molecule has 4 rings (SSSR count). The van der Waals surface area contributed by atoms with Crippen LogP contribution in [0.4, 0.5) is 11.5 Å². The Kier molecular flexibility index (Phi) is 5.32. The summed E-state index contributed by atoms with van der Waals surface area (Å²) in [6, 6.07) is 9.50. The van der Waals surface area contributed by atoms with Gasteiger partial charge in [-0.3, -0.25) is 14.9 Å². The van der Waals surface area contributed by atoms with E-state index in [4.69, 9.17) is 11.6 Å². The highest BCUT2D eigenvalue weighted by Gasteiger charge is 2.25. The van der Waals surface area contributed by atoms with Gasteiger partial charge in [0.1, 0.15) is 0 Å². The Labute approximate surface area is 176 Å². The second kappa shape index (κ2) is 8.07. The second-order valence-electron chi connectivity index (χ2n) is 6.85. The van der Waals surface area contributed by atoms with E-state index in [0.717, 1.165) is 11.5 Å². The number of carbonyl (C=O) groups is 1. The van der Waals surface area contributed by atoms with Crippen LogP contribution in [-0.2, 0) is 0 Å². The van der Waals surface area contributed by atoms with E-state index < -0.39 is 4.92 Å². The number of nitro groups is 1. The first-order valence-corrected chi connectivity index (χ1v) is 9.65. The van der Waals surface area contributed by atoms with Gasteiger partial charge in [0.25, 0.3) is 11.6 Å². The number of halogens is 1. The first-order chi connectivity index (χ1) is 14.4. The average Bonchev–Trinajstić information content (AvgIpc) is 3.20. The Morgan fingerprint density at radius 2 is 1.77 bits per heavy atom. The van der Waals surface area contributed by atoms with Gasteiger partial charge in [0.15, 0.2) is 11.6 Å². The molecule has 11 heteroatoms. The summed E-state index contributed by atoms with van der Waals surface area (Å²) in [4.78, 5) is 26.8. The maximum Gasteiger partial charge on any atom is 0.270 e. The number of benzene rings is 1. The number of hydrogen-bond acceptors (Lipinski definition) is 7. The predicted molar refractivity (Wildman–Crippen MR) is 110 cm³/mol. The molecule has 1 fully saturated rings. The number of anilines is 1. The van der Waals surface area contributed by atoms with E-state index in [-0.39, 0.29) is 22.2 Å². The van der Waals surface area contributed by atoms with Crippen LogP contribution in [0.1, 0.15) is 16.1 Å². The van der Waals surface area contributed by atoms with Crippen molar-refractivity contribution in [2.75, 3.05) is 31.1 Å². The van der Waals surface area contributed by atoms with E-state index in [1.54, 1.807) is 9.58 Å². The number of aryl methyl sites for hydroxylation is 1. The molecule has 10 nitrogen and oxygen atoms in total. The number of nitrogens with zero attached hydrogens (tertiary/aromatic N) is 7. The maximum absolute atomic E-state index is 12.8. The van der Waals surface area contributed by atoms with E-state index in [9.17, 15) is 14.9 Å². The highest BCUT2D eigenvalue weighted by Crippen LogP contribution is 2.24. The minimum Gasteiger partial charge on any atom is -0.352 e. The van der Waals surface area contributed by atoms with E-state index in [2.05, 4.69) is 15.3 Å². The summed E-state index contributed by atoms with van der Waals surface area (Å²) in [6.45, 7) is 4.04. The lowest BCUT2D eigenvalue weighted by Crippen LogP contribution is -2.49. The molecule has 2 aromatic heterocycles. The molecule has 0 radical (unpaired) electrons. The Balaban J connectivity index is 1.40. The highest BCUT2D eigenvalue weighted by atomic mass is 35.5. The third-order valence-electron chi connectivity index (χ3n) is 4.88. The summed E-state index contributed by atoms with van der Waals surface area (Å²) < 4.78 is 1.66. The van der Waals surface area contributed by atoms with Gasteiger partial charge in [-0.05, 0) is 31.2 Å². The largest absolute Gasteiger partial charge is 0.352 e. The Hall–Kier alpha value is -3.53. The first kappa shape index (κ1) is 19.8. The lowest BCUT2D eigenvalue weighted by atomic mass is 10.1. The maximum atomic E-state index is 12.8. The zero-order valence-corrected chi connectivity index (χ0v) is 16.9. The predicted octanol–water partition coefficient (Wildman–Crippen LogP) is 2.49. The molecule has 154 valence electrons. The Bertz CT molecular complexity index is 1090. The molecule has 0 atom stereocenters. The van der Waals surface area contributed by atoms with Gasteiger partial charge in [0.05, 0.1) is 21.2 Å². The zero-order chi connectivity index (χ0) is 21.3. The standard InChI is InChI=1S/C19H18ClN7O3/c1-13-6-7-26(23-13)18-5-4-17(21-22-18)24-8-10-25(11-9-24)19(28)15-3-2-14(27(29)30)12-16(15)20/h2-7,12H,8-11H2,1H3. The molecule has 0 N–H and O–H groups in total. The van der Waals surface area contributed by atoms with E-state index >= 15 is 0 Å². The molecule has 0 unspecified atom stereocenters. The van der Waals surface area contributed by atoms with Crippen LogP contribution in [-0.4, -0.2) is 61.9 Å². The number of aromatic nitrogens is 4. The van der Waals surface area contributed by atoms with Crippen molar-refractivity contribution in [1.29, 1.82) is 0 Å². The van der Waals surface area contributed by atoms with Crippen molar-refractivity contribution in [3.8, 4) is 5.82 Å². The van der Waals surface area contributed by atoms with Gasteiger partial charge >= 0.3 is 0 Å². The van der Waals surface area contributed by atoms with Crippen LogP contribution < -0.4 is 4.90 Å². The number of non-ortho nitro benzene ring substituents is 1. The van der Waals surface area contributed by atoms with E-state index in [0.29, 0.717) is 32.0 Å². The molecule has 3 heterocycles. The number of piperazine rings is 1. The average molecular weight is 428 g/mol. The molecule has 0 aliphatic carbocycles. The van der Waals surface area contributed by atoms with Gasteiger partial charge in [-0.25, -0.2) is 4.68 Å². The fraction of sp³-hybridized carbons (Fsp3) is 0.263. The van der Waals surface area contributed by atoms with Crippen molar-refractivity contribution in [2.45, 2.75) is 6.92 Å². The fourth-order valence-corrected chi connectivity index (χ4v) is 3.51. The normalized spacial score (nSPS) is 14.1. The Morgan fingerprint density at radius 3 is 2.33 bits per heavy atom. The zero-order valence-electron chi connectivity index (χ0n) is 16.1. The topological polar surface area (TPSA) is 110 Å². The van der Waals surface area contributed by atoms with Crippen molar-refractivity contribution >= 4 is 29.0 Å². The van der Waals surface area contributed by atoms with E-state index in [1.165, 1.54) is 18.2 Å². The van der Waals surface area contributed by atoms with Crippen LogP contribution in [0.5, 0.6) is 0 Å². The van der Waals surface area contributed by atoms with Crippen LogP contribution in [0.25, 0.3) is 5.82 Å². The summed E-state index contributed by atoms with van der Waals surface area (Å²) in [5, 5.41) is 23.7. The van der Waals surface area contributed by atoms with Gasteiger partial charge in [0.2, 0.25) is 0 Å². The first-order valence-electron chi connectivity index (χ1n) is 9.27. The van der Waals surface area contributed by atoms with Crippen LogP contribution in [0.3, 0.4) is 0 Å². The van der Waals surface area contributed by atoms with Crippen molar-refractivity contribution in [2.24, 2.45) is 0 Å². The van der Waals surface area contributed by atoms with Crippen LogP contribution in [0.2, 0.25) is 5.02 Å². The number of rotatable bonds is 4. The summed E-state index contributed by atoms with van der Waals surface area (Å²) >= 11 is 6.09. The fourth-order valence-electron chi connectivity index (χ4n) is 3.25. The number of nitro benzene ring substituents is 1. The quantitative estimate of drug-likeness (QED) is 0.464. The minimum atomic E-state index is -0.543. The molecule has 0 bridgehead atoms. The van der Waals surface area contributed by atoms with Crippen LogP contribution in [0, 0.1) is 17.0 Å². The van der Waals surface area contributed by atoms with Crippen molar-refractivity contribution in [3.05, 3.63) is 69.0 Å².